The first-order valence-electron chi connectivity index (χ1n) is 5.16. The van der Waals surface area contributed by atoms with Gasteiger partial charge in [0.15, 0.2) is 0 Å². The fourth-order valence-corrected chi connectivity index (χ4v) is 2.77. The molecule has 72 valence electrons. The Morgan fingerprint density at radius 1 is 1.38 bits per heavy atom. The van der Waals surface area contributed by atoms with Gasteiger partial charge >= 0.3 is 0 Å². The number of nitrogens with zero attached hydrogens (tertiary/aromatic N) is 1. The van der Waals surface area contributed by atoms with Crippen LogP contribution in [0.15, 0.2) is 10.8 Å². The number of unbranched alkanes of at least 4 members (excludes halogenated alkanes) is 1. The molecule has 0 N–H and O–H groups in total. The lowest BCUT2D eigenvalue weighted by molar-refractivity contribution is 0.251. The largest absolute Gasteiger partial charge is 0.299 e. The molecular formula is C11H17NS. The van der Waals surface area contributed by atoms with Crippen LogP contribution in [0.3, 0.4) is 0 Å². The quantitative estimate of drug-likeness (QED) is 0.717. The second kappa shape index (κ2) is 4.25. The van der Waals surface area contributed by atoms with E-state index >= 15 is 0 Å². The summed E-state index contributed by atoms with van der Waals surface area (Å²) in [5, 5.41) is 4.62. The second-order valence-electron chi connectivity index (χ2n) is 3.80. The Labute approximate surface area is 84.4 Å². The Morgan fingerprint density at radius 2 is 2.23 bits per heavy atom. The summed E-state index contributed by atoms with van der Waals surface area (Å²) in [5.41, 5.74) is 3.17. The molecule has 0 fully saturated rings. The molecule has 0 spiro atoms. The highest BCUT2D eigenvalue weighted by molar-refractivity contribution is 7.08. The number of hydrogen-bond donors (Lipinski definition) is 0. The number of thiophene rings is 1. The molecule has 0 aliphatic carbocycles. The normalized spacial score (nSPS) is 17.3. The highest BCUT2D eigenvalue weighted by Crippen LogP contribution is 2.22. The smallest absolute Gasteiger partial charge is 0.0244 e. The molecule has 0 saturated heterocycles. The minimum absolute atomic E-state index is 1.19. The van der Waals surface area contributed by atoms with Crippen LogP contribution >= 0.6 is 11.3 Å². The van der Waals surface area contributed by atoms with Crippen LogP contribution in [0.5, 0.6) is 0 Å². The first-order chi connectivity index (χ1) is 6.40. The minimum atomic E-state index is 1.19. The van der Waals surface area contributed by atoms with Gasteiger partial charge in [-0.05, 0) is 41.3 Å². The van der Waals surface area contributed by atoms with Crippen molar-refractivity contribution >= 4 is 11.3 Å². The molecule has 0 saturated carbocycles. The fraction of sp³-hybridized carbons (Fsp3) is 0.636. The fourth-order valence-electron chi connectivity index (χ4n) is 1.88. The maximum atomic E-state index is 2.58. The summed E-state index contributed by atoms with van der Waals surface area (Å²) in [6.07, 6.45) is 3.93. The second-order valence-corrected chi connectivity index (χ2v) is 4.55. The van der Waals surface area contributed by atoms with Crippen LogP contribution in [0.25, 0.3) is 0 Å². The molecule has 13 heavy (non-hydrogen) atoms. The lowest BCUT2D eigenvalue weighted by atomic mass is 10.1. The molecule has 0 unspecified atom stereocenters. The maximum absolute atomic E-state index is 2.58. The van der Waals surface area contributed by atoms with Gasteiger partial charge in [-0.3, -0.25) is 4.90 Å². The third-order valence-electron chi connectivity index (χ3n) is 2.75. The van der Waals surface area contributed by atoms with Crippen LogP contribution in [0.4, 0.5) is 0 Å². The van der Waals surface area contributed by atoms with E-state index < -0.39 is 0 Å². The Morgan fingerprint density at radius 3 is 3.08 bits per heavy atom. The first-order valence-corrected chi connectivity index (χ1v) is 6.10. The van der Waals surface area contributed by atoms with Gasteiger partial charge in [0.2, 0.25) is 0 Å². The third-order valence-corrected chi connectivity index (χ3v) is 3.59. The molecular weight excluding hydrogens is 178 g/mol. The molecule has 1 aliphatic heterocycles. The highest BCUT2D eigenvalue weighted by atomic mass is 32.1. The van der Waals surface area contributed by atoms with Crippen LogP contribution < -0.4 is 0 Å². The molecule has 0 amide bonds. The van der Waals surface area contributed by atoms with Crippen molar-refractivity contribution in [2.24, 2.45) is 0 Å². The van der Waals surface area contributed by atoms with Crippen molar-refractivity contribution in [2.75, 3.05) is 13.1 Å². The monoisotopic (exact) mass is 195 g/mol. The minimum Gasteiger partial charge on any atom is -0.299 e. The zero-order chi connectivity index (χ0) is 9.10. The average Bonchev–Trinajstić information content (AvgIpc) is 2.61. The van der Waals surface area contributed by atoms with E-state index in [2.05, 4.69) is 22.6 Å². The van der Waals surface area contributed by atoms with E-state index in [9.17, 15) is 0 Å². The molecule has 1 aliphatic rings. The Hall–Kier alpha value is -0.340. The summed E-state index contributed by atoms with van der Waals surface area (Å²) in [7, 11) is 0. The van der Waals surface area contributed by atoms with Crippen LogP contribution in [0.2, 0.25) is 0 Å². The van der Waals surface area contributed by atoms with Crippen LogP contribution in [-0.2, 0) is 13.0 Å². The summed E-state index contributed by atoms with van der Waals surface area (Å²) in [6.45, 7) is 6.01. The molecule has 2 rings (SSSR count). The van der Waals surface area contributed by atoms with Crippen LogP contribution in [0, 0.1) is 0 Å². The highest BCUT2D eigenvalue weighted by Gasteiger charge is 2.15. The zero-order valence-electron chi connectivity index (χ0n) is 8.25. The molecule has 0 aromatic carbocycles. The predicted molar refractivity (Wildman–Crippen MR) is 58.2 cm³/mol. The topological polar surface area (TPSA) is 3.24 Å². The maximum Gasteiger partial charge on any atom is 0.0244 e. The van der Waals surface area contributed by atoms with Crippen molar-refractivity contribution in [1.82, 2.24) is 4.90 Å². The van der Waals surface area contributed by atoms with E-state index in [0.717, 1.165) is 0 Å². The molecule has 2 heterocycles. The molecule has 1 nitrogen and oxygen atoms in total. The standard InChI is InChI=1S/C11H17NS/c1-2-3-5-12-6-4-10-8-13-9-11(10)7-12/h8-9H,2-7H2,1H3. The third kappa shape index (κ3) is 2.12. The van der Waals surface area contributed by atoms with Crippen molar-refractivity contribution in [2.45, 2.75) is 32.7 Å². The van der Waals surface area contributed by atoms with Gasteiger partial charge in [0, 0.05) is 13.1 Å². The molecule has 0 atom stereocenters. The molecule has 0 bridgehead atoms. The number of fused-ring (bicyclic) bond motifs is 1. The first kappa shape index (κ1) is 9.22. The lowest BCUT2D eigenvalue weighted by Crippen LogP contribution is -2.30. The van der Waals surface area contributed by atoms with E-state index in [1.807, 2.05) is 11.3 Å². The summed E-state index contributed by atoms with van der Waals surface area (Å²) >= 11 is 1.85. The van der Waals surface area contributed by atoms with Gasteiger partial charge in [0.1, 0.15) is 0 Å². The van der Waals surface area contributed by atoms with Crippen molar-refractivity contribution in [3.63, 3.8) is 0 Å². The van der Waals surface area contributed by atoms with E-state index in [4.69, 9.17) is 0 Å². The average molecular weight is 195 g/mol. The molecule has 1 aromatic heterocycles. The van der Waals surface area contributed by atoms with Crippen molar-refractivity contribution in [3.05, 3.63) is 21.9 Å². The Balaban J connectivity index is 1.93. The van der Waals surface area contributed by atoms with Gasteiger partial charge in [0.25, 0.3) is 0 Å². The number of rotatable bonds is 3. The summed E-state index contributed by atoms with van der Waals surface area (Å²) in [6, 6.07) is 0. The zero-order valence-corrected chi connectivity index (χ0v) is 9.07. The molecule has 1 aromatic rings. The van der Waals surface area contributed by atoms with Gasteiger partial charge in [-0.2, -0.15) is 11.3 Å². The summed E-state index contributed by atoms with van der Waals surface area (Å²) in [5.74, 6) is 0. The van der Waals surface area contributed by atoms with Gasteiger partial charge in [-0.1, -0.05) is 13.3 Å². The van der Waals surface area contributed by atoms with Crippen LogP contribution in [0.1, 0.15) is 30.9 Å². The van der Waals surface area contributed by atoms with E-state index in [1.165, 1.54) is 38.9 Å². The number of hydrogen-bond acceptors (Lipinski definition) is 2. The van der Waals surface area contributed by atoms with Gasteiger partial charge < -0.3 is 0 Å². The van der Waals surface area contributed by atoms with Gasteiger partial charge in [-0.25, -0.2) is 0 Å². The summed E-state index contributed by atoms with van der Waals surface area (Å²) in [4.78, 5) is 2.58. The molecule has 2 heteroatoms. The Kier molecular flexibility index (Phi) is 3.01. The van der Waals surface area contributed by atoms with Gasteiger partial charge in [0.05, 0.1) is 0 Å². The van der Waals surface area contributed by atoms with Crippen molar-refractivity contribution < 1.29 is 0 Å². The van der Waals surface area contributed by atoms with E-state index in [-0.39, 0.29) is 0 Å². The van der Waals surface area contributed by atoms with Crippen molar-refractivity contribution in [1.29, 1.82) is 0 Å². The predicted octanol–water partition coefficient (Wildman–Crippen LogP) is 2.91. The molecule has 0 radical (unpaired) electrons. The lowest BCUT2D eigenvalue weighted by Gasteiger charge is -2.26. The van der Waals surface area contributed by atoms with Crippen LogP contribution in [-0.4, -0.2) is 18.0 Å². The summed E-state index contributed by atoms with van der Waals surface area (Å²) < 4.78 is 0. The SMILES string of the molecule is CCCCN1CCc2cscc2C1. The Bertz CT molecular complexity index is 267. The van der Waals surface area contributed by atoms with E-state index in [1.54, 1.807) is 11.1 Å². The van der Waals surface area contributed by atoms with E-state index in [0.29, 0.717) is 0 Å². The van der Waals surface area contributed by atoms with Crippen molar-refractivity contribution in [3.8, 4) is 0 Å². The van der Waals surface area contributed by atoms with Gasteiger partial charge in [-0.15, -0.1) is 0 Å².